The molecule has 2 amide bonds. The molecular weight excluding hydrogens is 462 g/mol. The molecule has 2 aromatic heterocycles. The van der Waals surface area contributed by atoms with Crippen LogP contribution in [0.25, 0.3) is 22.0 Å². The quantitative estimate of drug-likeness (QED) is 0.412. The van der Waals surface area contributed by atoms with Gasteiger partial charge in [0.2, 0.25) is 11.8 Å². The molecule has 1 saturated heterocycles. The smallest absolute Gasteiger partial charge is 0.231 e. The topological polar surface area (TPSA) is 89.3 Å². The first kappa shape index (κ1) is 22.8. The van der Waals surface area contributed by atoms with Gasteiger partial charge in [-0.3, -0.25) is 9.59 Å². The maximum atomic E-state index is 13.1. The van der Waals surface area contributed by atoms with Crippen LogP contribution in [-0.2, 0) is 16.6 Å². The minimum atomic E-state index is -0.463. The van der Waals surface area contributed by atoms with E-state index in [1.165, 1.54) is 11.3 Å². The Balaban J connectivity index is 1.35. The Morgan fingerprint density at radius 3 is 2.63 bits per heavy atom. The van der Waals surface area contributed by atoms with Crippen LogP contribution in [-0.4, -0.2) is 39.5 Å². The number of benzene rings is 2. The molecule has 4 aromatic rings. The molecule has 1 atom stereocenters. The van der Waals surface area contributed by atoms with Gasteiger partial charge < -0.3 is 19.5 Å². The third kappa shape index (κ3) is 4.67. The minimum Gasteiger partial charge on any atom is -0.494 e. The van der Waals surface area contributed by atoms with E-state index in [0.717, 1.165) is 33.4 Å². The largest absolute Gasteiger partial charge is 0.494 e. The van der Waals surface area contributed by atoms with Gasteiger partial charge in [0.1, 0.15) is 5.75 Å². The number of nitrogens with one attached hydrogen (secondary N) is 1. The van der Waals surface area contributed by atoms with Crippen molar-refractivity contribution in [2.45, 2.75) is 13.3 Å². The fourth-order valence-corrected chi connectivity index (χ4v) is 5.16. The summed E-state index contributed by atoms with van der Waals surface area (Å²) in [5.41, 5.74) is 2.46. The Bertz CT molecular complexity index is 1350. The third-order valence-electron chi connectivity index (χ3n) is 5.88. The predicted molar refractivity (Wildman–Crippen MR) is 136 cm³/mol. The first-order valence-corrected chi connectivity index (χ1v) is 12.2. The lowest BCUT2D eigenvalue weighted by Gasteiger charge is -2.17. The van der Waals surface area contributed by atoms with Gasteiger partial charge in [-0.15, -0.1) is 0 Å². The highest BCUT2D eigenvalue weighted by Gasteiger charge is 2.35. The van der Waals surface area contributed by atoms with Gasteiger partial charge >= 0.3 is 0 Å². The highest BCUT2D eigenvalue weighted by atomic mass is 32.1. The summed E-state index contributed by atoms with van der Waals surface area (Å²) >= 11 is 1.38. The number of carbonyl (C=O) groups excluding carboxylic acids is 2. The van der Waals surface area contributed by atoms with Gasteiger partial charge in [-0.1, -0.05) is 41.7 Å². The fraction of sp³-hybridized carbons (Fsp3) is 0.231. The lowest BCUT2D eigenvalue weighted by atomic mass is 10.1. The van der Waals surface area contributed by atoms with Crippen molar-refractivity contribution in [3.8, 4) is 27.7 Å². The van der Waals surface area contributed by atoms with Crippen LogP contribution >= 0.6 is 11.3 Å². The van der Waals surface area contributed by atoms with Crippen LogP contribution < -0.4 is 15.0 Å². The predicted octanol–water partition coefficient (Wildman–Crippen LogP) is 4.60. The van der Waals surface area contributed by atoms with Crippen molar-refractivity contribution in [2.75, 3.05) is 23.4 Å². The summed E-state index contributed by atoms with van der Waals surface area (Å²) in [5.74, 6) is 0.770. The van der Waals surface area contributed by atoms with Gasteiger partial charge in [0.25, 0.3) is 0 Å². The first-order chi connectivity index (χ1) is 17.0. The van der Waals surface area contributed by atoms with E-state index >= 15 is 0 Å². The molecule has 1 unspecified atom stereocenters. The van der Waals surface area contributed by atoms with Crippen molar-refractivity contribution >= 4 is 34.0 Å². The summed E-state index contributed by atoms with van der Waals surface area (Å²) in [6.45, 7) is 2.82. The Morgan fingerprint density at radius 1 is 1.17 bits per heavy atom. The van der Waals surface area contributed by atoms with Crippen molar-refractivity contribution in [1.82, 2.24) is 14.5 Å². The third-order valence-corrected chi connectivity index (χ3v) is 6.85. The molecule has 0 saturated carbocycles. The van der Waals surface area contributed by atoms with Gasteiger partial charge in [0.05, 0.1) is 23.1 Å². The fourth-order valence-electron chi connectivity index (χ4n) is 4.13. The van der Waals surface area contributed by atoms with E-state index in [-0.39, 0.29) is 18.2 Å². The van der Waals surface area contributed by atoms with Gasteiger partial charge in [-0.25, -0.2) is 9.97 Å². The normalized spacial score (nSPS) is 15.4. The van der Waals surface area contributed by atoms with Crippen molar-refractivity contribution in [1.29, 1.82) is 0 Å². The molecule has 0 spiro atoms. The SMILES string of the molecule is CCOc1ccc(N2CC(C(=O)Nc3nc(-c4ccccc4)c(-c4nccn4C)s3)CC2=O)cc1. The Labute approximate surface area is 207 Å². The number of hydrogen-bond donors (Lipinski definition) is 1. The van der Waals surface area contributed by atoms with Gasteiger partial charge in [-0.05, 0) is 31.2 Å². The zero-order valence-electron chi connectivity index (χ0n) is 19.5. The number of imidazole rings is 1. The van der Waals surface area contributed by atoms with E-state index in [1.807, 2.05) is 79.3 Å². The molecule has 35 heavy (non-hydrogen) atoms. The van der Waals surface area contributed by atoms with Gasteiger partial charge in [0, 0.05) is 43.7 Å². The zero-order chi connectivity index (χ0) is 24.4. The van der Waals surface area contributed by atoms with E-state index in [4.69, 9.17) is 9.72 Å². The molecule has 3 heterocycles. The van der Waals surface area contributed by atoms with Gasteiger partial charge in [0.15, 0.2) is 11.0 Å². The monoisotopic (exact) mass is 487 g/mol. The number of hydrogen-bond acceptors (Lipinski definition) is 6. The Hall–Kier alpha value is -3.98. The molecule has 5 rings (SSSR count). The molecule has 1 fully saturated rings. The Morgan fingerprint density at radius 2 is 1.94 bits per heavy atom. The summed E-state index contributed by atoms with van der Waals surface area (Å²) in [5, 5.41) is 3.43. The van der Waals surface area contributed by atoms with E-state index in [1.54, 1.807) is 11.1 Å². The number of thiazole rings is 1. The van der Waals surface area contributed by atoms with E-state index in [2.05, 4.69) is 10.3 Å². The second-order valence-electron chi connectivity index (χ2n) is 8.25. The first-order valence-electron chi connectivity index (χ1n) is 11.4. The molecular formula is C26H25N5O3S. The highest BCUT2D eigenvalue weighted by molar-refractivity contribution is 7.19. The van der Waals surface area contributed by atoms with Gasteiger partial charge in [-0.2, -0.15) is 0 Å². The van der Waals surface area contributed by atoms with E-state index in [9.17, 15) is 9.59 Å². The standard InChI is InChI=1S/C26H25N5O3S/c1-3-34-20-11-9-19(10-12-20)31-16-18(15-21(31)32)25(33)29-26-28-22(17-7-5-4-6-8-17)23(35-26)24-27-13-14-30(24)2/h4-14,18H,3,15-16H2,1-2H3,(H,28,29,33). The molecule has 0 bridgehead atoms. The lowest BCUT2D eigenvalue weighted by Crippen LogP contribution is -2.28. The summed E-state index contributed by atoms with van der Waals surface area (Å²) in [7, 11) is 1.93. The summed E-state index contributed by atoms with van der Waals surface area (Å²) < 4.78 is 7.40. The molecule has 178 valence electrons. The average molecular weight is 488 g/mol. The summed E-state index contributed by atoms with van der Waals surface area (Å²) in [4.78, 5) is 37.5. The number of amides is 2. The molecule has 2 aromatic carbocycles. The molecule has 9 heteroatoms. The minimum absolute atomic E-state index is 0.0767. The molecule has 1 aliphatic rings. The second kappa shape index (κ2) is 9.71. The number of aryl methyl sites for hydroxylation is 1. The maximum absolute atomic E-state index is 13.1. The lowest BCUT2D eigenvalue weighted by molar-refractivity contribution is -0.122. The van der Waals surface area contributed by atoms with Crippen LogP contribution in [0, 0.1) is 5.92 Å². The second-order valence-corrected chi connectivity index (χ2v) is 9.25. The van der Waals surface area contributed by atoms with E-state index < -0.39 is 5.92 Å². The number of aromatic nitrogens is 3. The van der Waals surface area contributed by atoms with Crippen LogP contribution in [0.4, 0.5) is 10.8 Å². The molecule has 0 aliphatic carbocycles. The molecule has 8 nitrogen and oxygen atoms in total. The zero-order valence-corrected chi connectivity index (χ0v) is 20.3. The van der Waals surface area contributed by atoms with Crippen molar-refractivity contribution < 1.29 is 14.3 Å². The molecule has 0 radical (unpaired) electrons. The van der Waals surface area contributed by atoms with Crippen LogP contribution in [0.15, 0.2) is 67.0 Å². The molecule has 1 aliphatic heterocycles. The van der Waals surface area contributed by atoms with Crippen LogP contribution in [0.5, 0.6) is 5.75 Å². The Kier molecular flexibility index (Phi) is 6.33. The van der Waals surface area contributed by atoms with Crippen molar-refractivity contribution in [2.24, 2.45) is 13.0 Å². The van der Waals surface area contributed by atoms with Crippen LogP contribution in [0.2, 0.25) is 0 Å². The maximum Gasteiger partial charge on any atom is 0.231 e. The van der Waals surface area contributed by atoms with Crippen molar-refractivity contribution in [3.05, 3.63) is 67.0 Å². The molecule has 1 N–H and O–H groups in total. The summed E-state index contributed by atoms with van der Waals surface area (Å²) in [6, 6.07) is 17.2. The average Bonchev–Trinajstić information content (AvgIpc) is 3.58. The van der Waals surface area contributed by atoms with Crippen LogP contribution in [0.3, 0.4) is 0 Å². The van der Waals surface area contributed by atoms with Crippen LogP contribution in [0.1, 0.15) is 13.3 Å². The number of rotatable bonds is 7. The van der Waals surface area contributed by atoms with E-state index in [0.29, 0.717) is 18.3 Å². The highest BCUT2D eigenvalue weighted by Crippen LogP contribution is 2.38. The number of anilines is 2. The summed E-state index contributed by atoms with van der Waals surface area (Å²) in [6.07, 6.45) is 3.77. The number of carbonyl (C=O) groups is 2. The van der Waals surface area contributed by atoms with Crippen molar-refractivity contribution in [3.63, 3.8) is 0 Å². The number of nitrogens with zero attached hydrogens (tertiary/aromatic N) is 4. The number of ether oxygens (including phenoxy) is 1.